The average molecular weight is 342 g/mol. The number of hydrogen-bond donors (Lipinski definition) is 1. The fourth-order valence-corrected chi connectivity index (χ4v) is 2.85. The van der Waals surface area contributed by atoms with Gasteiger partial charge < -0.3 is 9.73 Å². The number of aromatic nitrogens is 1. The van der Waals surface area contributed by atoms with Gasteiger partial charge in [-0.2, -0.15) is 0 Å². The second kappa shape index (κ2) is 6.84. The Balaban J connectivity index is 1.57. The molecule has 128 valence electrons. The van der Waals surface area contributed by atoms with Gasteiger partial charge in [0.1, 0.15) is 5.52 Å². The summed E-state index contributed by atoms with van der Waals surface area (Å²) < 4.78 is 5.81. The Labute approximate surface area is 151 Å². The quantitative estimate of drug-likeness (QED) is 0.552. The first-order valence-electron chi connectivity index (χ1n) is 8.52. The van der Waals surface area contributed by atoms with Crippen LogP contribution in [0.15, 0.2) is 83.3 Å². The van der Waals surface area contributed by atoms with Crippen molar-refractivity contribution in [3.05, 3.63) is 84.4 Å². The number of rotatable bonds is 4. The van der Waals surface area contributed by atoms with E-state index in [-0.39, 0.29) is 11.8 Å². The van der Waals surface area contributed by atoms with Crippen molar-refractivity contribution in [1.29, 1.82) is 0 Å². The van der Waals surface area contributed by atoms with Gasteiger partial charge in [0, 0.05) is 11.3 Å². The third-order valence-corrected chi connectivity index (χ3v) is 4.37. The van der Waals surface area contributed by atoms with Gasteiger partial charge >= 0.3 is 0 Å². The molecule has 4 rings (SSSR count). The van der Waals surface area contributed by atoms with Crippen LogP contribution >= 0.6 is 0 Å². The Morgan fingerprint density at radius 2 is 1.65 bits per heavy atom. The molecule has 0 saturated carbocycles. The van der Waals surface area contributed by atoms with Gasteiger partial charge in [0.25, 0.3) is 0 Å². The molecule has 1 unspecified atom stereocenters. The summed E-state index contributed by atoms with van der Waals surface area (Å²) >= 11 is 0. The minimum atomic E-state index is -0.232. The van der Waals surface area contributed by atoms with Crippen molar-refractivity contribution in [3.8, 4) is 11.5 Å². The molecule has 4 aromatic rings. The number of anilines is 1. The second-order valence-corrected chi connectivity index (χ2v) is 6.19. The van der Waals surface area contributed by atoms with Crippen molar-refractivity contribution in [3.63, 3.8) is 0 Å². The van der Waals surface area contributed by atoms with E-state index in [1.54, 1.807) is 0 Å². The van der Waals surface area contributed by atoms with E-state index in [1.807, 2.05) is 85.8 Å². The second-order valence-electron chi connectivity index (χ2n) is 6.19. The normalized spacial score (nSPS) is 12.0. The van der Waals surface area contributed by atoms with Gasteiger partial charge in [-0.25, -0.2) is 4.98 Å². The van der Waals surface area contributed by atoms with Gasteiger partial charge in [-0.3, -0.25) is 4.79 Å². The van der Waals surface area contributed by atoms with Crippen LogP contribution in [-0.4, -0.2) is 10.9 Å². The summed E-state index contributed by atoms with van der Waals surface area (Å²) in [4.78, 5) is 17.1. The molecule has 4 heteroatoms. The lowest BCUT2D eigenvalue weighted by Crippen LogP contribution is -2.18. The van der Waals surface area contributed by atoms with E-state index in [9.17, 15) is 4.79 Å². The molecule has 1 N–H and O–H groups in total. The Hall–Kier alpha value is -3.40. The topological polar surface area (TPSA) is 55.1 Å². The van der Waals surface area contributed by atoms with Crippen LogP contribution in [0.25, 0.3) is 22.6 Å². The van der Waals surface area contributed by atoms with Crippen molar-refractivity contribution in [1.82, 2.24) is 4.98 Å². The van der Waals surface area contributed by atoms with Crippen molar-refractivity contribution >= 4 is 22.7 Å². The molecular weight excluding hydrogens is 324 g/mol. The summed E-state index contributed by atoms with van der Waals surface area (Å²) in [5.74, 6) is 0.285. The molecule has 4 nitrogen and oxygen atoms in total. The van der Waals surface area contributed by atoms with Crippen molar-refractivity contribution < 1.29 is 9.21 Å². The van der Waals surface area contributed by atoms with Crippen molar-refractivity contribution in [2.45, 2.75) is 12.8 Å². The predicted molar refractivity (Wildman–Crippen MR) is 103 cm³/mol. The molecule has 0 saturated heterocycles. The highest BCUT2D eigenvalue weighted by molar-refractivity contribution is 5.97. The van der Waals surface area contributed by atoms with Gasteiger partial charge in [0.05, 0.1) is 5.92 Å². The first-order chi connectivity index (χ1) is 12.7. The molecule has 1 heterocycles. The van der Waals surface area contributed by atoms with E-state index in [0.717, 1.165) is 11.1 Å². The first-order valence-corrected chi connectivity index (χ1v) is 8.52. The fraction of sp³-hybridized carbons (Fsp3) is 0.0909. The van der Waals surface area contributed by atoms with Crippen LogP contribution in [0.4, 0.5) is 5.69 Å². The maximum Gasteiger partial charge on any atom is 0.231 e. The molecule has 1 amide bonds. The molecule has 0 fully saturated rings. The number of carbonyl (C=O) groups excluding carboxylic acids is 1. The van der Waals surface area contributed by atoms with Crippen LogP contribution in [0, 0.1) is 0 Å². The molecule has 0 bridgehead atoms. The molecule has 26 heavy (non-hydrogen) atoms. The van der Waals surface area contributed by atoms with Gasteiger partial charge in [-0.05, 0) is 42.8 Å². The number of nitrogens with zero attached hydrogens (tertiary/aromatic N) is 1. The predicted octanol–water partition coefficient (Wildman–Crippen LogP) is 5.24. The monoisotopic (exact) mass is 342 g/mol. The minimum absolute atomic E-state index is 0.0534. The molecule has 0 aliphatic rings. The molecular formula is C22H18N2O2. The van der Waals surface area contributed by atoms with Crippen LogP contribution in [-0.2, 0) is 4.79 Å². The zero-order valence-electron chi connectivity index (χ0n) is 14.3. The summed E-state index contributed by atoms with van der Waals surface area (Å²) in [6.07, 6.45) is 0. The minimum Gasteiger partial charge on any atom is -0.436 e. The number of amides is 1. The number of carbonyl (C=O) groups is 1. The van der Waals surface area contributed by atoms with Crippen molar-refractivity contribution in [2.24, 2.45) is 0 Å². The molecule has 0 radical (unpaired) electrons. The number of nitrogens with one attached hydrogen (secondary N) is 1. The maximum absolute atomic E-state index is 12.5. The fourth-order valence-electron chi connectivity index (χ4n) is 2.85. The van der Waals surface area contributed by atoms with Gasteiger partial charge in [-0.1, -0.05) is 48.5 Å². The van der Waals surface area contributed by atoms with E-state index < -0.39 is 0 Å². The van der Waals surface area contributed by atoms with Crippen LogP contribution in [0.2, 0.25) is 0 Å². The number of fused-ring (bicyclic) bond motifs is 1. The van der Waals surface area contributed by atoms with E-state index in [1.165, 1.54) is 0 Å². The smallest absolute Gasteiger partial charge is 0.231 e. The Morgan fingerprint density at radius 3 is 2.38 bits per heavy atom. The van der Waals surface area contributed by atoms with Gasteiger partial charge in [-0.15, -0.1) is 0 Å². The molecule has 1 atom stereocenters. The van der Waals surface area contributed by atoms with Crippen LogP contribution in [0.1, 0.15) is 18.4 Å². The molecule has 0 aliphatic carbocycles. The lowest BCUT2D eigenvalue weighted by Gasteiger charge is -2.12. The number of hydrogen-bond acceptors (Lipinski definition) is 3. The molecule has 3 aromatic carbocycles. The third-order valence-electron chi connectivity index (χ3n) is 4.37. The zero-order valence-corrected chi connectivity index (χ0v) is 14.3. The summed E-state index contributed by atoms with van der Waals surface area (Å²) in [5.41, 5.74) is 4.02. The summed E-state index contributed by atoms with van der Waals surface area (Å²) in [7, 11) is 0. The Morgan fingerprint density at radius 1 is 0.962 bits per heavy atom. The van der Waals surface area contributed by atoms with Gasteiger partial charge in [0.15, 0.2) is 5.58 Å². The number of oxazole rings is 1. The Bertz CT molecular complexity index is 1040. The lowest BCUT2D eigenvalue weighted by atomic mass is 10.0. The standard InChI is InChI=1S/C22H18N2O2/c1-15(16-8-4-2-5-9-16)21(25)23-18-12-13-20-19(14-18)24-22(26-20)17-10-6-3-7-11-17/h2-15H,1H3,(H,23,25). The van der Waals surface area contributed by atoms with E-state index >= 15 is 0 Å². The van der Waals surface area contributed by atoms with E-state index in [4.69, 9.17) is 4.42 Å². The largest absolute Gasteiger partial charge is 0.436 e. The Kier molecular flexibility index (Phi) is 4.23. The lowest BCUT2D eigenvalue weighted by molar-refractivity contribution is -0.117. The zero-order chi connectivity index (χ0) is 17.9. The van der Waals surface area contributed by atoms with Crippen LogP contribution in [0.3, 0.4) is 0 Å². The van der Waals surface area contributed by atoms with Crippen LogP contribution in [0.5, 0.6) is 0 Å². The van der Waals surface area contributed by atoms with Crippen LogP contribution < -0.4 is 5.32 Å². The summed E-state index contributed by atoms with van der Waals surface area (Å²) in [6, 6.07) is 25.0. The molecule has 0 aliphatic heterocycles. The highest BCUT2D eigenvalue weighted by Crippen LogP contribution is 2.26. The average Bonchev–Trinajstić information content (AvgIpc) is 3.12. The van der Waals surface area contributed by atoms with E-state index in [0.29, 0.717) is 22.7 Å². The summed E-state index contributed by atoms with van der Waals surface area (Å²) in [6.45, 7) is 1.90. The third kappa shape index (κ3) is 3.22. The highest BCUT2D eigenvalue weighted by atomic mass is 16.3. The van der Waals surface area contributed by atoms with Crippen molar-refractivity contribution in [2.75, 3.05) is 5.32 Å². The summed E-state index contributed by atoms with van der Waals surface area (Å²) in [5, 5.41) is 2.96. The van der Waals surface area contributed by atoms with Gasteiger partial charge in [0.2, 0.25) is 11.8 Å². The first kappa shape index (κ1) is 16.1. The SMILES string of the molecule is CC(C(=O)Nc1ccc2oc(-c3ccccc3)nc2c1)c1ccccc1. The molecule has 1 aromatic heterocycles. The highest BCUT2D eigenvalue weighted by Gasteiger charge is 2.16. The molecule has 0 spiro atoms. The maximum atomic E-state index is 12.5. The number of benzene rings is 3. The van der Waals surface area contributed by atoms with E-state index in [2.05, 4.69) is 10.3 Å².